The van der Waals surface area contributed by atoms with Crippen LogP contribution in [0.5, 0.6) is 11.5 Å². The third kappa shape index (κ3) is 7.28. The Hall–Kier alpha value is -2.95. The Kier molecular flexibility index (Phi) is 8.13. The third-order valence-electron chi connectivity index (χ3n) is 4.60. The first-order chi connectivity index (χ1) is 15.5. The van der Waals surface area contributed by atoms with E-state index >= 15 is 0 Å². The number of carbonyl (C=O) groups is 1. The molecule has 11 heteroatoms. The van der Waals surface area contributed by atoms with Gasteiger partial charge in [0.15, 0.2) is 11.5 Å². The van der Waals surface area contributed by atoms with Crippen molar-refractivity contribution in [3.05, 3.63) is 53.6 Å². The summed E-state index contributed by atoms with van der Waals surface area (Å²) >= 11 is 0. The molecule has 0 unspecified atom stereocenters. The molecule has 0 atom stereocenters. The molecular formula is C23H29F3N2O5S. The van der Waals surface area contributed by atoms with Crippen molar-refractivity contribution in [2.24, 2.45) is 0 Å². The fourth-order valence-electron chi connectivity index (χ4n) is 2.96. The molecule has 0 bridgehead atoms. The molecule has 2 aromatic rings. The number of nitrogens with one attached hydrogen (secondary N) is 1. The standard InChI is InChI=1S/C23H29F3N2O5S/c1-15(2)28(21(29)27-22(3,4)5)14-16-10-11-19(32-6)20(12-16)33-34(30,31)18-9-7-8-17(13-18)23(24,25)26/h7-13,15H,14H2,1-6H3,(H,27,29). The maximum atomic E-state index is 13.0. The smallest absolute Gasteiger partial charge is 0.416 e. The number of halogens is 3. The van der Waals surface area contributed by atoms with Crippen molar-refractivity contribution < 1.29 is 35.3 Å². The molecule has 0 aliphatic rings. The van der Waals surface area contributed by atoms with Crippen LogP contribution in [0.25, 0.3) is 0 Å². The molecule has 0 saturated carbocycles. The van der Waals surface area contributed by atoms with Crippen LogP contribution in [0.4, 0.5) is 18.0 Å². The average molecular weight is 503 g/mol. The first kappa shape index (κ1) is 27.3. The van der Waals surface area contributed by atoms with E-state index in [2.05, 4.69) is 5.32 Å². The molecule has 0 heterocycles. The van der Waals surface area contributed by atoms with Crippen molar-refractivity contribution in [1.29, 1.82) is 0 Å². The predicted molar refractivity (Wildman–Crippen MR) is 121 cm³/mol. The number of ether oxygens (including phenoxy) is 1. The Balaban J connectivity index is 2.37. The summed E-state index contributed by atoms with van der Waals surface area (Å²) in [7, 11) is -3.30. The number of nitrogens with zero attached hydrogens (tertiary/aromatic N) is 1. The maximum absolute atomic E-state index is 13.0. The number of hydrogen-bond donors (Lipinski definition) is 1. The second kappa shape index (κ2) is 10.1. The largest absolute Gasteiger partial charge is 0.493 e. The second-order valence-corrected chi connectivity index (χ2v) is 10.5. The molecule has 0 fully saturated rings. The highest BCUT2D eigenvalue weighted by molar-refractivity contribution is 7.87. The van der Waals surface area contributed by atoms with Gasteiger partial charge in [-0.1, -0.05) is 12.1 Å². The van der Waals surface area contributed by atoms with Gasteiger partial charge in [-0.15, -0.1) is 0 Å². The highest BCUT2D eigenvalue weighted by Gasteiger charge is 2.32. The van der Waals surface area contributed by atoms with Crippen LogP contribution in [0.3, 0.4) is 0 Å². The molecule has 0 saturated heterocycles. The zero-order valence-corrected chi connectivity index (χ0v) is 20.7. The molecule has 188 valence electrons. The number of alkyl halides is 3. The van der Waals surface area contributed by atoms with Crippen LogP contribution in [-0.2, 0) is 22.8 Å². The van der Waals surface area contributed by atoms with E-state index in [1.165, 1.54) is 19.2 Å². The van der Waals surface area contributed by atoms with Crippen LogP contribution in [0.2, 0.25) is 0 Å². The fourth-order valence-corrected chi connectivity index (χ4v) is 3.94. The van der Waals surface area contributed by atoms with Gasteiger partial charge in [0.1, 0.15) is 4.90 Å². The molecule has 2 aromatic carbocycles. The van der Waals surface area contributed by atoms with E-state index in [0.717, 1.165) is 18.2 Å². The second-order valence-electron chi connectivity index (χ2n) is 8.95. The summed E-state index contributed by atoms with van der Waals surface area (Å²) in [6.45, 7) is 9.34. The lowest BCUT2D eigenvalue weighted by Gasteiger charge is -2.31. The predicted octanol–water partition coefficient (Wildman–Crippen LogP) is 5.20. The fraction of sp³-hybridized carbons (Fsp3) is 0.435. The van der Waals surface area contributed by atoms with Crippen LogP contribution in [0, 0.1) is 0 Å². The SMILES string of the molecule is COc1ccc(CN(C(=O)NC(C)(C)C)C(C)C)cc1OS(=O)(=O)c1cccc(C(F)(F)F)c1. The van der Waals surface area contributed by atoms with Crippen molar-refractivity contribution in [2.45, 2.75) is 63.8 Å². The van der Waals surface area contributed by atoms with Gasteiger partial charge in [-0.05, 0) is 70.5 Å². The number of rotatable bonds is 7. The summed E-state index contributed by atoms with van der Waals surface area (Å²) in [6.07, 6.45) is -4.71. The van der Waals surface area contributed by atoms with Crippen LogP contribution < -0.4 is 14.2 Å². The molecule has 1 N–H and O–H groups in total. The van der Waals surface area contributed by atoms with Crippen molar-refractivity contribution in [3.8, 4) is 11.5 Å². The van der Waals surface area contributed by atoms with E-state index in [0.29, 0.717) is 11.6 Å². The molecule has 2 rings (SSSR count). The number of amides is 2. The maximum Gasteiger partial charge on any atom is 0.416 e. The van der Waals surface area contributed by atoms with Crippen molar-refractivity contribution in [3.63, 3.8) is 0 Å². The average Bonchev–Trinajstić information content (AvgIpc) is 2.70. The Morgan fingerprint density at radius 1 is 1.06 bits per heavy atom. The third-order valence-corrected chi connectivity index (χ3v) is 5.83. The van der Waals surface area contributed by atoms with Gasteiger partial charge in [-0.3, -0.25) is 0 Å². The van der Waals surface area contributed by atoms with Crippen molar-refractivity contribution in [1.82, 2.24) is 10.2 Å². The number of methoxy groups -OCH3 is 1. The Morgan fingerprint density at radius 3 is 2.24 bits per heavy atom. The zero-order chi connectivity index (χ0) is 25.9. The van der Waals surface area contributed by atoms with Crippen LogP contribution in [-0.4, -0.2) is 38.0 Å². The van der Waals surface area contributed by atoms with Crippen LogP contribution in [0.1, 0.15) is 45.7 Å². The van der Waals surface area contributed by atoms with Gasteiger partial charge in [-0.25, -0.2) is 4.79 Å². The lowest BCUT2D eigenvalue weighted by molar-refractivity contribution is -0.137. The Bertz CT molecular complexity index is 1130. The van der Waals surface area contributed by atoms with E-state index in [-0.39, 0.29) is 30.1 Å². The minimum atomic E-state index is -4.71. The van der Waals surface area contributed by atoms with Gasteiger partial charge in [0, 0.05) is 18.1 Å². The normalized spacial score (nSPS) is 12.4. The van der Waals surface area contributed by atoms with Gasteiger partial charge in [-0.2, -0.15) is 21.6 Å². The van der Waals surface area contributed by atoms with E-state index in [1.54, 1.807) is 11.0 Å². The summed E-state index contributed by atoms with van der Waals surface area (Å²) in [5.74, 6) is -0.146. The first-order valence-electron chi connectivity index (χ1n) is 10.4. The molecular weight excluding hydrogens is 473 g/mol. The molecule has 7 nitrogen and oxygen atoms in total. The minimum absolute atomic E-state index is 0.0644. The summed E-state index contributed by atoms with van der Waals surface area (Å²) in [4.78, 5) is 13.6. The highest BCUT2D eigenvalue weighted by atomic mass is 32.2. The van der Waals surface area contributed by atoms with Crippen molar-refractivity contribution >= 4 is 16.1 Å². The summed E-state index contributed by atoms with van der Waals surface area (Å²) in [5, 5.41) is 2.88. The molecule has 0 spiro atoms. The van der Waals surface area contributed by atoms with Gasteiger partial charge in [0.25, 0.3) is 0 Å². The van der Waals surface area contributed by atoms with E-state index in [9.17, 15) is 26.4 Å². The quantitative estimate of drug-likeness (QED) is 0.526. The number of benzene rings is 2. The van der Waals surface area contributed by atoms with Crippen molar-refractivity contribution in [2.75, 3.05) is 7.11 Å². The van der Waals surface area contributed by atoms with Gasteiger partial charge >= 0.3 is 22.3 Å². The molecule has 34 heavy (non-hydrogen) atoms. The van der Waals surface area contributed by atoms with Gasteiger partial charge < -0.3 is 19.1 Å². The summed E-state index contributed by atoms with van der Waals surface area (Å²) in [5.41, 5.74) is -1.04. The topological polar surface area (TPSA) is 84.9 Å². The molecule has 2 amide bonds. The summed E-state index contributed by atoms with van der Waals surface area (Å²) < 4.78 is 74.8. The van der Waals surface area contributed by atoms with Gasteiger partial charge in [0.2, 0.25) is 0 Å². The first-order valence-corrected chi connectivity index (χ1v) is 11.8. The summed E-state index contributed by atoms with van der Waals surface area (Å²) in [6, 6.07) is 7.27. The van der Waals surface area contributed by atoms with E-state index < -0.39 is 32.3 Å². The lowest BCUT2D eigenvalue weighted by atomic mass is 10.1. The monoisotopic (exact) mass is 502 g/mol. The Labute approximate surface area is 198 Å². The van der Waals surface area contributed by atoms with Crippen LogP contribution >= 0.6 is 0 Å². The Morgan fingerprint density at radius 2 is 1.71 bits per heavy atom. The number of urea groups is 1. The lowest BCUT2D eigenvalue weighted by Crippen LogP contribution is -2.50. The molecule has 0 radical (unpaired) electrons. The van der Waals surface area contributed by atoms with Gasteiger partial charge in [0.05, 0.1) is 12.7 Å². The zero-order valence-electron chi connectivity index (χ0n) is 19.9. The highest BCUT2D eigenvalue weighted by Crippen LogP contribution is 2.34. The molecule has 0 aliphatic heterocycles. The number of hydrogen-bond acceptors (Lipinski definition) is 5. The van der Waals surface area contributed by atoms with E-state index in [4.69, 9.17) is 8.92 Å². The number of carbonyl (C=O) groups excluding carboxylic acids is 1. The van der Waals surface area contributed by atoms with Crippen LogP contribution in [0.15, 0.2) is 47.4 Å². The minimum Gasteiger partial charge on any atom is -0.493 e. The molecule has 0 aliphatic carbocycles. The van der Waals surface area contributed by atoms with E-state index in [1.807, 2.05) is 34.6 Å². The molecule has 0 aromatic heterocycles.